The van der Waals surface area contributed by atoms with Crippen molar-refractivity contribution in [3.8, 4) is 0 Å². The van der Waals surface area contributed by atoms with Crippen molar-refractivity contribution in [3.05, 3.63) is 10.4 Å². The lowest BCUT2D eigenvalue weighted by Crippen LogP contribution is -2.49. The minimum atomic E-state index is -0.934. The van der Waals surface area contributed by atoms with E-state index in [1.54, 1.807) is 20.8 Å². The molecule has 1 fully saturated rings. The maximum Gasteiger partial charge on any atom is 0.410 e. The predicted octanol–water partition coefficient (Wildman–Crippen LogP) is 1.16. The van der Waals surface area contributed by atoms with Crippen molar-refractivity contribution in [2.45, 2.75) is 44.9 Å². The molecule has 0 unspecified atom stereocenters. The van der Waals surface area contributed by atoms with E-state index in [0.717, 1.165) is 0 Å². The highest BCUT2D eigenvalue weighted by atomic mass is 16.6. The first-order valence-electron chi connectivity index (χ1n) is 5.59. The molecule has 18 heavy (non-hydrogen) atoms. The van der Waals surface area contributed by atoms with Gasteiger partial charge >= 0.3 is 6.09 Å². The number of nitrogens with two attached hydrogens (primary N) is 1. The van der Waals surface area contributed by atoms with Crippen LogP contribution < -0.4 is 5.73 Å². The molecular weight excluding hydrogens is 238 g/mol. The Kier molecular flexibility index (Phi) is 4.03. The van der Waals surface area contributed by atoms with Gasteiger partial charge in [0.2, 0.25) is 5.91 Å². The topological polar surface area (TPSA) is 121 Å². The van der Waals surface area contributed by atoms with Crippen LogP contribution in [0, 0.1) is 0 Å². The fourth-order valence-electron chi connectivity index (χ4n) is 1.83. The second-order valence-corrected chi connectivity index (χ2v) is 5.08. The quantitative estimate of drug-likeness (QED) is 0.452. The van der Waals surface area contributed by atoms with E-state index in [1.807, 2.05) is 0 Å². The van der Waals surface area contributed by atoms with Crippen molar-refractivity contribution in [1.82, 2.24) is 4.90 Å². The highest BCUT2D eigenvalue weighted by molar-refractivity contribution is 5.85. The van der Waals surface area contributed by atoms with Crippen LogP contribution in [-0.2, 0) is 9.53 Å². The minimum absolute atomic E-state index is 0.284. The van der Waals surface area contributed by atoms with Gasteiger partial charge in [-0.1, -0.05) is 5.11 Å². The number of rotatable bonds is 2. The summed E-state index contributed by atoms with van der Waals surface area (Å²) in [5.41, 5.74) is 13.0. The van der Waals surface area contributed by atoms with Crippen LogP contribution in [0.15, 0.2) is 5.11 Å². The van der Waals surface area contributed by atoms with Gasteiger partial charge in [-0.3, -0.25) is 9.69 Å². The zero-order valence-corrected chi connectivity index (χ0v) is 10.7. The number of ether oxygens (including phenoxy) is 1. The largest absolute Gasteiger partial charge is 0.444 e. The van der Waals surface area contributed by atoms with Crippen molar-refractivity contribution in [1.29, 1.82) is 0 Å². The molecule has 0 radical (unpaired) electrons. The van der Waals surface area contributed by atoms with Crippen LogP contribution in [0.5, 0.6) is 0 Å². The second-order valence-electron chi connectivity index (χ2n) is 5.08. The Morgan fingerprint density at radius 1 is 1.50 bits per heavy atom. The van der Waals surface area contributed by atoms with E-state index in [-0.39, 0.29) is 6.54 Å². The van der Waals surface area contributed by atoms with Crippen molar-refractivity contribution in [2.75, 3.05) is 6.54 Å². The van der Waals surface area contributed by atoms with Gasteiger partial charge in [0.1, 0.15) is 11.6 Å². The van der Waals surface area contributed by atoms with Crippen molar-refractivity contribution in [3.63, 3.8) is 0 Å². The fourth-order valence-corrected chi connectivity index (χ4v) is 1.83. The van der Waals surface area contributed by atoms with E-state index < -0.39 is 29.7 Å². The molecule has 100 valence electrons. The van der Waals surface area contributed by atoms with Crippen LogP contribution in [0.1, 0.15) is 27.2 Å². The van der Waals surface area contributed by atoms with Gasteiger partial charge in [0.15, 0.2) is 0 Å². The second kappa shape index (κ2) is 5.14. The Balaban J connectivity index is 2.86. The van der Waals surface area contributed by atoms with Gasteiger partial charge in [0.25, 0.3) is 0 Å². The molecule has 8 nitrogen and oxygen atoms in total. The van der Waals surface area contributed by atoms with Crippen LogP contribution in [0.4, 0.5) is 4.79 Å². The molecule has 0 aromatic rings. The summed E-state index contributed by atoms with van der Waals surface area (Å²) in [6.45, 7) is 5.47. The Morgan fingerprint density at radius 2 is 2.11 bits per heavy atom. The van der Waals surface area contributed by atoms with Crippen molar-refractivity contribution in [2.24, 2.45) is 10.8 Å². The van der Waals surface area contributed by atoms with Gasteiger partial charge in [-0.2, -0.15) is 0 Å². The number of likely N-dealkylation sites (tertiary alicyclic amines) is 1. The molecular formula is C10H17N5O3. The molecule has 8 heteroatoms. The molecule has 2 N–H and O–H groups in total. The zero-order chi connectivity index (χ0) is 13.9. The highest BCUT2D eigenvalue weighted by Crippen LogP contribution is 2.23. The van der Waals surface area contributed by atoms with Crippen molar-refractivity contribution >= 4 is 12.0 Å². The van der Waals surface area contributed by atoms with Crippen LogP contribution in [0.2, 0.25) is 0 Å². The zero-order valence-electron chi connectivity index (χ0n) is 10.7. The highest BCUT2D eigenvalue weighted by Gasteiger charge is 2.42. The number of hydrogen-bond donors (Lipinski definition) is 1. The summed E-state index contributed by atoms with van der Waals surface area (Å²) in [6.07, 6.45) is -0.223. The van der Waals surface area contributed by atoms with Gasteiger partial charge in [-0.25, -0.2) is 4.79 Å². The van der Waals surface area contributed by atoms with Crippen LogP contribution in [0.3, 0.4) is 0 Å². The summed E-state index contributed by atoms with van der Waals surface area (Å²) < 4.78 is 5.17. The number of azide groups is 1. The lowest BCUT2D eigenvalue weighted by Gasteiger charge is -2.28. The number of carbonyl (C=O) groups excluding carboxylic acids is 2. The monoisotopic (exact) mass is 255 g/mol. The fraction of sp³-hybridized carbons (Fsp3) is 0.800. The Morgan fingerprint density at radius 3 is 2.56 bits per heavy atom. The number of primary amides is 1. The molecule has 0 aromatic carbocycles. The molecule has 1 heterocycles. The average molecular weight is 255 g/mol. The normalized spacial score (nSPS) is 23.4. The standard InChI is InChI=1S/C10H17N5O3/c1-10(2,3)18-9(17)15-5-4-6(13-14-12)7(15)8(11)16/h6-7H,4-5H2,1-3H3,(H2,11,16)/t6-,7-/m0/s1. The molecule has 1 aliphatic heterocycles. The number of amides is 2. The number of hydrogen-bond acceptors (Lipinski definition) is 4. The summed E-state index contributed by atoms with van der Waals surface area (Å²) in [4.78, 5) is 27.1. The minimum Gasteiger partial charge on any atom is -0.444 e. The van der Waals surface area contributed by atoms with E-state index in [0.29, 0.717) is 6.42 Å². The first-order valence-corrected chi connectivity index (χ1v) is 5.59. The average Bonchev–Trinajstić information content (AvgIpc) is 2.59. The number of nitrogens with zero attached hydrogens (tertiary/aromatic N) is 4. The molecule has 1 aliphatic rings. The summed E-state index contributed by atoms with van der Waals surface area (Å²) >= 11 is 0. The SMILES string of the molecule is CC(C)(C)OC(=O)N1CC[C@H](N=[N+]=[N-])[C@H]1C(N)=O. The molecule has 0 bridgehead atoms. The Labute approximate surface area is 105 Å². The lowest BCUT2D eigenvalue weighted by molar-refractivity contribution is -0.122. The van der Waals surface area contributed by atoms with E-state index in [1.165, 1.54) is 4.90 Å². The maximum atomic E-state index is 11.9. The molecule has 2 amide bonds. The van der Waals surface area contributed by atoms with Gasteiger partial charge in [0, 0.05) is 11.5 Å². The predicted molar refractivity (Wildman–Crippen MR) is 63.5 cm³/mol. The molecule has 1 saturated heterocycles. The third-order valence-electron chi connectivity index (χ3n) is 2.49. The molecule has 0 spiro atoms. The maximum absolute atomic E-state index is 11.9. The Bertz CT molecular complexity index is 397. The van der Waals surface area contributed by atoms with E-state index in [4.69, 9.17) is 16.0 Å². The third kappa shape index (κ3) is 3.27. The van der Waals surface area contributed by atoms with E-state index in [2.05, 4.69) is 10.0 Å². The lowest BCUT2D eigenvalue weighted by atomic mass is 10.1. The van der Waals surface area contributed by atoms with Crippen LogP contribution in [-0.4, -0.2) is 41.1 Å². The Hall–Kier alpha value is -1.95. The van der Waals surface area contributed by atoms with Gasteiger partial charge in [-0.15, -0.1) is 0 Å². The smallest absolute Gasteiger partial charge is 0.410 e. The molecule has 2 atom stereocenters. The summed E-state index contributed by atoms with van der Waals surface area (Å²) in [5.74, 6) is -0.698. The van der Waals surface area contributed by atoms with Crippen LogP contribution >= 0.6 is 0 Å². The molecule has 1 rings (SSSR count). The third-order valence-corrected chi connectivity index (χ3v) is 2.49. The number of carbonyl (C=O) groups is 2. The molecule has 0 saturated carbocycles. The van der Waals surface area contributed by atoms with E-state index >= 15 is 0 Å². The van der Waals surface area contributed by atoms with E-state index in [9.17, 15) is 9.59 Å². The summed E-state index contributed by atoms with van der Waals surface area (Å²) in [7, 11) is 0. The van der Waals surface area contributed by atoms with Gasteiger partial charge in [0.05, 0.1) is 6.04 Å². The van der Waals surface area contributed by atoms with Crippen molar-refractivity contribution < 1.29 is 14.3 Å². The van der Waals surface area contributed by atoms with Gasteiger partial charge < -0.3 is 10.5 Å². The van der Waals surface area contributed by atoms with Gasteiger partial charge in [-0.05, 0) is 32.7 Å². The first-order chi connectivity index (χ1) is 8.26. The molecule has 0 aliphatic carbocycles. The first kappa shape index (κ1) is 14.1. The molecule has 0 aromatic heterocycles. The summed E-state index contributed by atoms with van der Waals surface area (Å²) in [6, 6.07) is -1.56. The van der Waals surface area contributed by atoms with Crippen LogP contribution in [0.25, 0.3) is 10.4 Å². The summed E-state index contributed by atoms with van der Waals surface area (Å²) in [5, 5.41) is 3.49.